The molecule has 7 heteroatoms. The van der Waals surface area contributed by atoms with Gasteiger partial charge in [-0.05, 0) is 20.8 Å². The number of carbonyl (C=O) groups is 1. The summed E-state index contributed by atoms with van der Waals surface area (Å²) in [6, 6.07) is 0. The minimum atomic E-state index is -1.12. The highest BCUT2D eigenvalue weighted by atomic mass is 16.8. The van der Waals surface area contributed by atoms with E-state index in [1.54, 1.807) is 20.8 Å². The van der Waals surface area contributed by atoms with E-state index in [0.717, 1.165) is 0 Å². The Hall–Kier alpha value is -0.730. The Balaban J connectivity index is 2.05. The van der Waals surface area contributed by atoms with Gasteiger partial charge in [0.05, 0.1) is 19.3 Å². The third-order valence-corrected chi connectivity index (χ3v) is 3.45. The van der Waals surface area contributed by atoms with E-state index in [-0.39, 0.29) is 19.6 Å². The fraction of sp³-hybridized carbons (Fsp3) is 0.923. The molecule has 0 saturated carbocycles. The van der Waals surface area contributed by atoms with Gasteiger partial charge in [0.15, 0.2) is 11.9 Å². The van der Waals surface area contributed by atoms with Crippen LogP contribution in [0.4, 0.5) is 0 Å². The van der Waals surface area contributed by atoms with Gasteiger partial charge in [0.25, 0.3) is 0 Å². The molecule has 116 valence electrons. The molecule has 0 aliphatic carbocycles. The van der Waals surface area contributed by atoms with Crippen LogP contribution in [0.5, 0.6) is 0 Å². The second-order valence-electron chi connectivity index (χ2n) is 5.50. The first kappa shape index (κ1) is 15.7. The number of aliphatic hydroxyl groups excluding tert-OH is 2. The van der Waals surface area contributed by atoms with Gasteiger partial charge in [-0.15, -0.1) is 0 Å². The fourth-order valence-corrected chi connectivity index (χ4v) is 2.48. The molecule has 2 fully saturated rings. The smallest absolute Gasteiger partial charge is 0.335 e. The van der Waals surface area contributed by atoms with Crippen LogP contribution in [0.3, 0.4) is 0 Å². The maximum absolute atomic E-state index is 11.7. The molecular weight excluding hydrogens is 268 g/mol. The van der Waals surface area contributed by atoms with E-state index in [1.165, 1.54) is 0 Å². The van der Waals surface area contributed by atoms with Gasteiger partial charge in [0.1, 0.15) is 18.3 Å². The van der Waals surface area contributed by atoms with E-state index in [0.29, 0.717) is 0 Å². The molecule has 7 nitrogen and oxygen atoms in total. The van der Waals surface area contributed by atoms with Crippen LogP contribution in [0, 0.1) is 0 Å². The number of carbonyl (C=O) groups excluding carboxylic acids is 1. The number of hydrogen-bond acceptors (Lipinski definition) is 7. The number of esters is 1. The van der Waals surface area contributed by atoms with Crippen molar-refractivity contribution in [3.8, 4) is 0 Å². The molecule has 0 radical (unpaired) electrons. The lowest BCUT2D eigenvalue weighted by atomic mass is 9.94. The molecule has 0 spiro atoms. The molecule has 2 saturated heterocycles. The van der Waals surface area contributed by atoms with Crippen molar-refractivity contribution in [3.63, 3.8) is 0 Å². The maximum atomic E-state index is 11.7. The molecule has 2 aliphatic heterocycles. The summed E-state index contributed by atoms with van der Waals surface area (Å²) in [6.07, 6.45) is -4.43. The SMILES string of the molecule is CCOC(=O)[C@H]1C[C@@H](O)[C@H](O)[C@@H]([C@H]2COC(C)(C)O2)O1. The normalized spacial score (nSPS) is 40.5. The summed E-state index contributed by atoms with van der Waals surface area (Å²) in [5.41, 5.74) is 0. The van der Waals surface area contributed by atoms with Crippen molar-refractivity contribution in [1.82, 2.24) is 0 Å². The third-order valence-electron chi connectivity index (χ3n) is 3.45. The first-order valence-electron chi connectivity index (χ1n) is 6.84. The second-order valence-corrected chi connectivity index (χ2v) is 5.50. The van der Waals surface area contributed by atoms with Crippen LogP contribution < -0.4 is 0 Å². The van der Waals surface area contributed by atoms with Gasteiger partial charge in [0, 0.05) is 6.42 Å². The predicted molar refractivity (Wildman–Crippen MR) is 66.8 cm³/mol. The summed E-state index contributed by atoms with van der Waals surface area (Å²) in [5, 5.41) is 19.9. The Morgan fingerprint density at radius 1 is 1.40 bits per heavy atom. The summed E-state index contributed by atoms with van der Waals surface area (Å²) < 4.78 is 21.5. The molecule has 0 unspecified atom stereocenters. The molecule has 2 aliphatic rings. The Bertz CT molecular complexity index is 357. The van der Waals surface area contributed by atoms with Crippen LogP contribution >= 0.6 is 0 Å². The largest absolute Gasteiger partial charge is 0.464 e. The topological polar surface area (TPSA) is 94.5 Å². The summed E-state index contributed by atoms with van der Waals surface area (Å²) >= 11 is 0. The van der Waals surface area contributed by atoms with Crippen molar-refractivity contribution in [2.75, 3.05) is 13.2 Å². The summed E-state index contributed by atoms with van der Waals surface area (Å²) in [6.45, 7) is 5.66. The zero-order chi connectivity index (χ0) is 14.9. The molecule has 0 aromatic carbocycles. The molecule has 2 N–H and O–H groups in total. The van der Waals surface area contributed by atoms with Crippen LogP contribution in [0.15, 0.2) is 0 Å². The number of rotatable bonds is 3. The van der Waals surface area contributed by atoms with Gasteiger partial charge in [-0.25, -0.2) is 4.79 Å². The first-order chi connectivity index (χ1) is 9.34. The fourth-order valence-electron chi connectivity index (χ4n) is 2.48. The van der Waals surface area contributed by atoms with E-state index in [1.807, 2.05) is 0 Å². The molecule has 0 bridgehead atoms. The summed E-state index contributed by atoms with van der Waals surface area (Å²) in [4.78, 5) is 11.7. The molecule has 2 rings (SSSR count). The number of ether oxygens (including phenoxy) is 4. The minimum Gasteiger partial charge on any atom is -0.464 e. The zero-order valence-electron chi connectivity index (χ0n) is 11.9. The highest BCUT2D eigenvalue weighted by Gasteiger charge is 2.48. The lowest BCUT2D eigenvalue weighted by molar-refractivity contribution is -0.223. The lowest BCUT2D eigenvalue weighted by Gasteiger charge is -2.38. The quantitative estimate of drug-likeness (QED) is 0.682. The van der Waals surface area contributed by atoms with Crippen LogP contribution in [-0.4, -0.2) is 65.7 Å². The average Bonchev–Trinajstić information content (AvgIpc) is 2.73. The highest BCUT2D eigenvalue weighted by Crippen LogP contribution is 2.31. The molecular formula is C13H22O7. The van der Waals surface area contributed by atoms with Crippen molar-refractivity contribution in [1.29, 1.82) is 0 Å². The standard InChI is InChI=1S/C13H22O7/c1-4-17-12(16)8-5-7(14)10(15)11(19-8)9-6-18-13(2,3)20-9/h7-11,14-15H,4-6H2,1-3H3/t7-,8-,9-,10+,11-/m1/s1. The Morgan fingerprint density at radius 2 is 2.10 bits per heavy atom. The van der Waals surface area contributed by atoms with Gasteiger partial charge in [0.2, 0.25) is 0 Å². The maximum Gasteiger partial charge on any atom is 0.335 e. The highest BCUT2D eigenvalue weighted by molar-refractivity contribution is 5.74. The number of hydrogen-bond donors (Lipinski definition) is 2. The third kappa shape index (κ3) is 3.29. The van der Waals surface area contributed by atoms with E-state index in [4.69, 9.17) is 18.9 Å². The van der Waals surface area contributed by atoms with Crippen molar-refractivity contribution in [2.45, 2.75) is 63.5 Å². The van der Waals surface area contributed by atoms with Crippen molar-refractivity contribution < 1.29 is 34.0 Å². The minimum absolute atomic E-state index is 0.00741. The molecule has 2 heterocycles. The predicted octanol–water partition coefficient (Wildman–Crippen LogP) is -0.420. The molecule has 0 aromatic heterocycles. The van der Waals surface area contributed by atoms with Gasteiger partial charge in [-0.1, -0.05) is 0 Å². The van der Waals surface area contributed by atoms with Crippen LogP contribution in [-0.2, 0) is 23.7 Å². The molecule has 0 amide bonds. The van der Waals surface area contributed by atoms with Crippen molar-refractivity contribution in [2.24, 2.45) is 0 Å². The van der Waals surface area contributed by atoms with Crippen LogP contribution in [0.2, 0.25) is 0 Å². The number of aliphatic hydroxyl groups is 2. The van der Waals surface area contributed by atoms with Crippen LogP contribution in [0.25, 0.3) is 0 Å². The average molecular weight is 290 g/mol. The molecule has 5 atom stereocenters. The lowest BCUT2D eigenvalue weighted by Crippen LogP contribution is -2.56. The monoisotopic (exact) mass is 290 g/mol. The van der Waals surface area contributed by atoms with Crippen LogP contribution in [0.1, 0.15) is 27.2 Å². The van der Waals surface area contributed by atoms with E-state index < -0.39 is 42.3 Å². The van der Waals surface area contributed by atoms with Gasteiger partial charge in [-0.2, -0.15) is 0 Å². The molecule has 20 heavy (non-hydrogen) atoms. The Labute approximate surface area is 117 Å². The molecule has 0 aromatic rings. The first-order valence-corrected chi connectivity index (χ1v) is 6.84. The van der Waals surface area contributed by atoms with E-state index in [9.17, 15) is 15.0 Å². The Kier molecular flexibility index (Phi) is 4.66. The van der Waals surface area contributed by atoms with Gasteiger partial charge < -0.3 is 29.2 Å². The second kappa shape index (κ2) is 5.95. The van der Waals surface area contributed by atoms with Crippen molar-refractivity contribution >= 4 is 5.97 Å². The Morgan fingerprint density at radius 3 is 2.65 bits per heavy atom. The summed E-state index contributed by atoms with van der Waals surface area (Å²) in [5.74, 6) is -1.31. The van der Waals surface area contributed by atoms with Crippen molar-refractivity contribution in [3.05, 3.63) is 0 Å². The zero-order valence-corrected chi connectivity index (χ0v) is 11.9. The van der Waals surface area contributed by atoms with E-state index >= 15 is 0 Å². The van der Waals surface area contributed by atoms with Gasteiger partial charge >= 0.3 is 5.97 Å². The van der Waals surface area contributed by atoms with E-state index in [2.05, 4.69) is 0 Å². The summed E-state index contributed by atoms with van der Waals surface area (Å²) in [7, 11) is 0. The van der Waals surface area contributed by atoms with Gasteiger partial charge in [-0.3, -0.25) is 0 Å².